The van der Waals surface area contributed by atoms with Gasteiger partial charge in [0.2, 0.25) is 11.7 Å². The maximum absolute atomic E-state index is 10.2. The van der Waals surface area contributed by atoms with E-state index in [9.17, 15) is 15.8 Å². The highest BCUT2D eigenvalue weighted by Gasteiger charge is 2.79. The standard InChI is InChI=1S/C22H30N4O2/c1-2-3-4-5-6-9-12-18-20(14-23,15-24)21(16-25)17-11-8-7-10-13-22(17,27-18)28-19(21)26/h17-18,26H,2-13H2,1H3. The third-order valence-corrected chi connectivity index (χ3v) is 7.00. The van der Waals surface area contributed by atoms with Gasteiger partial charge in [-0.2, -0.15) is 15.8 Å². The molecular weight excluding hydrogens is 352 g/mol. The minimum atomic E-state index is -1.70. The Morgan fingerprint density at radius 2 is 1.71 bits per heavy atom. The summed E-state index contributed by atoms with van der Waals surface area (Å²) >= 11 is 0. The Balaban J connectivity index is 1.92. The first-order valence-corrected chi connectivity index (χ1v) is 10.8. The fourth-order valence-electron chi connectivity index (χ4n) is 5.52. The Bertz CT molecular complexity index is 716. The molecule has 1 aliphatic carbocycles. The second kappa shape index (κ2) is 8.10. The Labute approximate surface area is 167 Å². The third-order valence-electron chi connectivity index (χ3n) is 7.00. The van der Waals surface area contributed by atoms with Gasteiger partial charge in [0, 0.05) is 6.42 Å². The summed E-state index contributed by atoms with van der Waals surface area (Å²) in [5.74, 6) is -1.69. The van der Waals surface area contributed by atoms with Gasteiger partial charge < -0.3 is 9.47 Å². The predicted molar refractivity (Wildman–Crippen MR) is 103 cm³/mol. The summed E-state index contributed by atoms with van der Waals surface area (Å²) in [6.07, 6.45) is 10.5. The van der Waals surface area contributed by atoms with Crippen LogP contribution in [0.25, 0.3) is 0 Å². The molecule has 6 heteroatoms. The molecule has 0 aromatic carbocycles. The van der Waals surface area contributed by atoms with Crippen molar-refractivity contribution in [2.75, 3.05) is 0 Å². The van der Waals surface area contributed by atoms with Crippen molar-refractivity contribution in [2.45, 2.75) is 95.9 Å². The topological polar surface area (TPSA) is 114 Å². The van der Waals surface area contributed by atoms with Crippen LogP contribution < -0.4 is 0 Å². The van der Waals surface area contributed by atoms with E-state index in [2.05, 4.69) is 25.1 Å². The molecule has 4 unspecified atom stereocenters. The zero-order valence-corrected chi connectivity index (χ0v) is 16.8. The molecule has 0 aromatic heterocycles. The number of nitriles is 3. The molecule has 28 heavy (non-hydrogen) atoms. The van der Waals surface area contributed by atoms with Crippen molar-refractivity contribution >= 4 is 5.90 Å². The molecule has 3 fully saturated rings. The van der Waals surface area contributed by atoms with E-state index in [-0.39, 0.29) is 5.90 Å². The van der Waals surface area contributed by atoms with Gasteiger partial charge in [-0.3, -0.25) is 5.41 Å². The highest BCUT2D eigenvalue weighted by Crippen LogP contribution is 2.66. The first-order valence-electron chi connectivity index (χ1n) is 10.8. The molecule has 0 radical (unpaired) electrons. The van der Waals surface area contributed by atoms with Gasteiger partial charge in [-0.15, -0.1) is 0 Å². The predicted octanol–water partition coefficient (Wildman–Crippen LogP) is 4.96. The zero-order chi connectivity index (χ0) is 20.3. The number of nitrogens with zero attached hydrogens (tertiary/aromatic N) is 3. The maximum Gasteiger partial charge on any atom is 0.217 e. The number of rotatable bonds is 7. The number of ether oxygens (including phenoxy) is 2. The molecule has 1 N–H and O–H groups in total. The summed E-state index contributed by atoms with van der Waals surface area (Å²) in [5.41, 5.74) is -3.23. The van der Waals surface area contributed by atoms with Gasteiger partial charge in [-0.25, -0.2) is 0 Å². The molecule has 6 nitrogen and oxygen atoms in total. The van der Waals surface area contributed by atoms with Crippen LogP contribution in [0.15, 0.2) is 0 Å². The SMILES string of the molecule is CCCCCCCCC1OC23CCCCCC2C(C#N)(C(=N)O3)C1(C#N)C#N. The molecule has 4 atom stereocenters. The minimum Gasteiger partial charge on any atom is -0.447 e. The molecule has 2 saturated heterocycles. The fourth-order valence-corrected chi connectivity index (χ4v) is 5.52. The van der Waals surface area contributed by atoms with Crippen LogP contribution in [0.1, 0.15) is 84.0 Å². The number of hydrogen-bond donors (Lipinski definition) is 1. The molecule has 2 heterocycles. The van der Waals surface area contributed by atoms with Gasteiger partial charge in [0.05, 0.1) is 30.2 Å². The van der Waals surface area contributed by atoms with Crippen LogP contribution in [-0.2, 0) is 9.47 Å². The largest absolute Gasteiger partial charge is 0.447 e. The summed E-state index contributed by atoms with van der Waals surface area (Å²) in [5, 5.41) is 39.0. The second-order valence-electron chi connectivity index (χ2n) is 8.51. The summed E-state index contributed by atoms with van der Waals surface area (Å²) in [4.78, 5) is 0. The molecule has 0 amide bonds. The van der Waals surface area contributed by atoms with Gasteiger partial charge in [-0.1, -0.05) is 58.3 Å². The molecule has 2 bridgehead atoms. The summed E-state index contributed by atoms with van der Waals surface area (Å²) in [7, 11) is 0. The van der Waals surface area contributed by atoms with E-state index < -0.39 is 28.6 Å². The van der Waals surface area contributed by atoms with Crippen LogP contribution in [0.2, 0.25) is 0 Å². The Hall–Kier alpha value is -2.10. The molecule has 3 rings (SSSR count). The van der Waals surface area contributed by atoms with Gasteiger partial charge >= 0.3 is 0 Å². The van der Waals surface area contributed by atoms with E-state index in [1.54, 1.807) is 0 Å². The highest BCUT2D eigenvalue weighted by atomic mass is 16.7. The van der Waals surface area contributed by atoms with Crippen molar-refractivity contribution in [3.8, 4) is 18.2 Å². The van der Waals surface area contributed by atoms with E-state index in [4.69, 9.17) is 14.9 Å². The molecule has 0 spiro atoms. The van der Waals surface area contributed by atoms with E-state index in [0.717, 1.165) is 38.5 Å². The highest BCUT2D eigenvalue weighted by molar-refractivity contribution is 5.89. The second-order valence-corrected chi connectivity index (χ2v) is 8.51. The van der Waals surface area contributed by atoms with Gasteiger partial charge in [0.1, 0.15) is 0 Å². The van der Waals surface area contributed by atoms with Crippen molar-refractivity contribution < 1.29 is 9.47 Å². The average molecular weight is 383 g/mol. The normalized spacial score (nSPS) is 35.6. The van der Waals surface area contributed by atoms with Gasteiger partial charge in [-0.05, 0) is 19.3 Å². The Morgan fingerprint density at radius 1 is 1.00 bits per heavy atom. The van der Waals surface area contributed by atoms with Crippen LogP contribution in [0.5, 0.6) is 0 Å². The Morgan fingerprint density at radius 3 is 2.39 bits per heavy atom. The first-order chi connectivity index (χ1) is 13.6. The number of nitrogens with one attached hydrogen (secondary N) is 1. The minimum absolute atomic E-state index is 0.240. The molecule has 1 saturated carbocycles. The van der Waals surface area contributed by atoms with Crippen LogP contribution in [-0.4, -0.2) is 17.8 Å². The van der Waals surface area contributed by atoms with Crippen molar-refractivity contribution in [3.63, 3.8) is 0 Å². The van der Waals surface area contributed by atoms with E-state index in [0.29, 0.717) is 19.3 Å². The quantitative estimate of drug-likeness (QED) is 0.625. The van der Waals surface area contributed by atoms with Crippen molar-refractivity contribution in [1.82, 2.24) is 0 Å². The smallest absolute Gasteiger partial charge is 0.217 e. The fraction of sp³-hybridized carbons (Fsp3) is 0.818. The van der Waals surface area contributed by atoms with Gasteiger partial charge in [0.15, 0.2) is 10.8 Å². The lowest BCUT2D eigenvalue weighted by molar-refractivity contribution is -0.283. The van der Waals surface area contributed by atoms with Crippen LogP contribution in [0, 0.1) is 56.2 Å². The number of hydrogen-bond acceptors (Lipinski definition) is 6. The lowest BCUT2D eigenvalue weighted by atomic mass is 9.53. The first kappa shape index (κ1) is 20.6. The summed E-state index contributed by atoms with van der Waals surface area (Å²) in [6, 6.07) is 6.54. The monoisotopic (exact) mass is 382 g/mol. The summed E-state index contributed by atoms with van der Waals surface area (Å²) < 4.78 is 12.3. The van der Waals surface area contributed by atoms with Crippen LogP contribution in [0.3, 0.4) is 0 Å². The third kappa shape index (κ3) is 2.80. The van der Waals surface area contributed by atoms with E-state index in [1.807, 2.05) is 0 Å². The summed E-state index contributed by atoms with van der Waals surface area (Å²) in [6.45, 7) is 2.18. The molecule has 0 aromatic rings. The van der Waals surface area contributed by atoms with Crippen molar-refractivity contribution in [3.05, 3.63) is 0 Å². The van der Waals surface area contributed by atoms with Crippen LogP contribution in [0.4, 0.5) is 0 Å². The lowest BCUT2D eigenvalue weighted by Gasteiger charge is -2.49. The molecule has 3 aliphatic rings. The van der Waals surface area contributed by atoms with Crippen LogP contribution >= 0.6 is 0 Å². The molecule has 2 aliphatic heterocycles. The van der Waals surface area contributed by atoms with E-state index >= 15 is 0 Å². The maximum atomic E-state index is 10.2. The number of unbranched alkanes of at least 4 members (excludes halogenated alkanes) is 5. The van der Waals surface area contributed by atoms with E-state index in [1.165, 1.54) is 19.3 Å². The average Bonchev–Trinajstić information content (AvgIpc) is 2.83. The van der Waals surface area contributed by atoms with Gasteiger partial charge in [0.25, 0.3) is 0 Å². The molecule has 150 valence electrons. The zero-order valence-electron chi connectivity index (χ0n) is 16.8. The Kier molecular flexibility index (Phi) is 5.97. The lowest BCUT2D eigenvalue weighted by Crippen LogP contribution is -2.62. The van der Waals surface area contributed by atoms with Crippen molar-refractivity contribution in [1.29, 1.82) is 21.2 Å². The molecular formula is C22H30N4O2. The van der Waals surface area contributed by atoms with Crippen molar-refractivity contribution in [2.24, 2.45) is 16.7 Å².